The average Bonchev–Trinajstić information content (AvgIpc) is 2.84. The molecule has 0 aliphatic heterocycles. The van der Waals surface area contributed by atoms with Gasteiger partial charge < -0.3 is 5.11 Å². The van der Waals surface area contributed by atoms with Crippen LogP contribution in [0.1, 0.15) is 43.3 Å². The zero-order valence-corrected chi connectivity index (χ0v) is 13.2. The van der Waals surface area contributed by atoms with E-state index in [0.717, 1.165) is 15.2 Å². The maximum atomic E-state index is 10.4. The van der Waals surface area contributed by atoms with E-state index in [9.17, 15) is 5.11 Å². The molecule has 0 saturated carbocycles. The maximum Gasteiger partial charge on any atom is 0.139 e. The van der Waals surface area contributed by atoms with Crippen LogP contribution in [0.5, 0.6) is 0 Å². The van der Waals surface area contributed by atoms with E-state index < -0.39 is 6.10 Å². The summed E-state index contributed by atoms with van der Waals surface area (Å²) in [4.78, 5) is 4.53. The van der Waals surface area contributed by atoms with Gasteiger partial charge in [0.25, 0.3) is 0 Å². The molecular weight excluding hydrogens is 314 g/mol. The van der Waals surface area contributed by atoms with E-state index in [1.807, 2.05) is 5.38 Å². The molecule has 2 aromatic heterocycles. The SMILES string of the molecule is Cn1ncc(Br)c1C(O)c1csc(C(C)(C)C)n1. The second-order valence-corrected chi connectivity index (χ2v) is 6.94. The normalized spacial score (nSPS) is 13.9. The van der Waals surface area contributed by atoms with Gasteiger partial charge in [-0.25, -0.2) is 4.98 Å². The van der Waals surface area contributed by atoms with Gasteiger partial charge in [0.2, 0.25) is 0 Å². The summed E-state index contributed by atoms with van der Waals surface area (Å²) in [6.45, 7) is 6.34. The highest BCUT2D eigenvalue weighted by Gasteiger charge is 2.24. The molecule has 0 aromatic carbocycles. The van der Waals surface area contributed by atoms with E-state index >= 15 is 0 Å². The van der Waals surface area contributed by atoms with Crippen LogP contribution in [0.3, 0.4) is 0 Å². The van der Waals surface area contributed by atoms with Crippen LogP contribution in [0.2, 0.25) is 0 Å². The van der Waals surface area contributed by atoms with Crippen LogP contribution >= 0.6 is 27.3 Å². The molecule has 4 nitrogen and oxygen atoms in total. The highest BCUT2D eigenvalue weighted by atomic mass is 79.9. The van der Waals surface area contributed by atoms with Gasteiger partial charge in [-0.1, -0.05) is 20.8 Å². The van der Waals surface area contributed by atoms with Gasteiger partial charge >= 0.3 is 0 Å². The number of hydrogen-bond acceptors (Lipinski definition) is 4. The lowest BCUT2D eigenvalue weighted by molar-refractivity contribution is 0.204. The Morgan fingerprint density at radius 1 is 1.44 bits per heavy atom. The number of thiazole rings is 1. The van der Waals surface area contributed by atoms with Crippen molar-refractivity contribution in [3.8, 4) is 0 Å². The Labute approximate surface area is 119 Å². The van der Waals surface area contributed by atoms with Crippen molar-refractivity contribution < 1.29 is 5.11 Å². The number of aliphatic hydroxyl groups is 1. The molecule has 98 valence electrons. The van der Waals surface area contributed by atoms with Crippen LogP contribution in [0.4, 0.5) is 0 Å². The molecule has 0 bridgehead atoms. The Bertz CT molecular complexity index is 536. The first-order valence-electron chi connectivity index (χ1n) is 5.62. The number of nitrogens with zero attached hydrogens (tertiary/aromatic N) is 3. The van der Waals surface area contributed by atoms with Crippen LogP contribution < -0.4 is 0 Å². The lowest BCUT2D eigenvalue weighted by Gasteiger charge is -2.14. The third kappa shape index (κ3) is 2.50. The maximum absolute atomic E-state index is 10.4. The predicted molar refractivity (Wildman–Crippen MR) is 75.8 cm³/mol. The van der Waals surface area contributed by atoms with E-state index in [1.165, 1.54) is 0 Å². The van der Waals surface area contributed by atoms with Crippen molar-refractivity contribution in [3.05, 3.63) is 32.4 Å². The van der Waals surface area contributed by atoms with Crippen LogP contribution in [-0.2, 0) is 12.5 Å². The lowest BCUT2D eigenvalue weighted by atomic mass is 9.98. The fourth-order valence-corrected chi connectivity index (χ4v) is 3.11. The number of aromatic nitrogens is 3. The second-order valence-electron chi connectivity index (χ2n) is 5.23. The first-order valence-corrected chi connectivity index (χ1v) is 7.29. The van der Waals surface area contributed by atoms with Crippen LogP contribution in [0.15, 0.2) is 16.0 Å². The van der Waals surface area contributed by atoms with Crippen molar-refractivity contribution in [3.63, 3.8) is 0 Å². The zero-order chi connectivity index (χ0) is 13.5. The number of aliphatic hydroxyl groups excluding tert-OH is 1. The summed E-state index contributed by atoms with van der Waals surface area (Å²) in [6.07, 6.45) is 0.925. The molecule has 1 atom stereocenters. The average molecular weight is 330 g/mol. The van der Waals surface area contributed by atoms with Gasteiger partial charge in [0, 0.05) is 17.8 Å². The number of halogens is 1. The van der Waals surface area contributed by atoms with E-state index in [2.05, 4.69) is 46.8 Å². The molecule has 0 radical (unpaired) electrons. The highest BCUT2D eigenvalue weighted by Crippen LogP contribution is 2.32. The lowest BCUT2D eigenvalue weighted by Crippen LogP contribution is -2.12. The summed E-state index contributed by atoms with van der Waals surface area (Å²) >= 11 is 4.97. The van der Waals surface area contributed by atoms with Gasteiger partial charge in [-0.2, -0.15) is 5.10 Å². The number of aryl methyl sites for hydroxylation is 1. The van der Waals surface area contributed by atoms with Gasteiger partial charge in [0.15, 0.2) is 0 Å². The van der Waals surface area contributed by atoms with Gasteiger partial charge in [-0.3, -0.25) is 4.68 Å². The third-order valence-electron chi connectivity index (χ3n) is 2.64. The molecule has 0 spiro atoms. The smallest absolute Gasteiger partial charge is 0.139 e. The monoisotopic (exact) mass is 329 g/mol. The largest absolute Gasteiger partial charge is 0.380 e. The van der Waals surface area contributed by atoms with Crippen molar-refractivity contribution in [1.29, 1.82) is 0 Å². The zero-order valence-electron chi connectivity index (χ0n) is 10.8. The van der Waals surface area contributed by atoms with Crippen molar-refractivity contribution >= 4 is 27.3 Å². The fraction of sp³-hybridized carbons (Fsp3) is 0.500. The molecule has 0 aliphatic carbocycles. The topological polar surface area (TPSA) is 50.9 Å². The molecule has 0 saturated heterocycles. The molecule has 18 heavy (non-hydrogen) atoms. The second kappa shape index (κ2) is 4.75. The molecule has 0 aliphatic rings. The van der Waals surface area contributed by atoms with Crippen molar-refractivity contribution in [1.82, 2.24) is 14.8 Å². The Morgan fingerprint density at radius 2 is 2.11 bits per heavy atom. The quantitative estimate of drug-likeness (QED) is 0.921. The number of rotatable bonds is 2. The predicted octanol–water partition coefficient (Wildman–Crippen LogP) is 3.02. The summed E-state index contributed by atoms with van der Waals surface area (Å²) in [5.41, 5.74) is 1.40. The van der Waals surface area contributed by atoms with Crippen LogP contribution in [0.25, 0.3) is 0 Å². The molecule has 6 heteroatoms. The third-order valence-corrected chi connectivity index (χ3v) is 4.54. The summed E-state index contributed by atoms with van der Waals surface area (Å²) in [7, 11) is 1.81. The van der Waals surface area contributed by atoms with Crippen LogP contribution in [0, 0.1) is 0 Å². The summed E-state index contributed by atoms with van der Waals surface area (Å²) in [5.74, 6) is 0. The Hall–Kier alpha value is -0.720. The van der Waals surface area contributed by atoms with Crippen molar-refractivity contribution in [2.75, 3.05) is 0 Å². The van der Waals surface area contributed by atoms with Crippen LogP contribution in [-0.4, -0.2) is 19.9 Å². The van der Waals surface area contributed by atoms with E-state index in [4.69, 9.17) is 0 Å². The molecule has 2 heterocycles. The molecular formula is C12H16BrN3OS. The molecule has 2 rings (SSSR count). The minimum atomic E-state index is -0.751. The Balaban J connectivity index is 2.35. The summed E-state index contributed by atoms with van der Waals surface area (Å²) in [6, 6.07) is 0. The highest BCUT2D eigenvalue weighted by molar-refractivity contribution is 9.10. The number of hydrogen-bond donors (Lipinski definition) is 1. The van der Waals surface area contributed by atoms with Crippen molar-refractivity contribution in [2.45, 2.75) is 32.3 Å². The standard InChI is InChI=1S/C12H16BrN3OS/c1-12(2,3)11-15-8(6-18-11)10(17)9-7(13)5-14-16(9)4/h5-6,10,17H,1-4H3. The minimum Gasteiger partial charge on any atom is -0.380 e. The molecule has 1 unspecified atom stereocenters. The van der Waals surface area contributed by atoms with Gasteiger partial charge in [0.05, 0.1) is 27.1 Å². The molecule has 1 N–H and O–H groups in total. The first-order chi connectivity index (χ1) is 8.30. The van der Waals surface area contributed by atoms with Gasteiger partial charge in [-0.15, -0.1) is 11.3 Å². The summed E-state index contributed by atoms with van der Waals surface area (Å²) in [5, 5.41) is 17.4. The van der Waals surface area contributed by atoms with E-state index in [0.29, 0.717) is 5.69 Å². The first kappa shape index (κ1) is 13.7. The minimum absolute atomic E-state index is 0.00628. The van der Waals surface area contributed by atoms with Gasteiger partial charge in [0.1, 0.15) is 6.10 Å². The summed E-state index contributed by atoms with van der Waals surface area (Å²) < 4.78 is 2.45. The Morgan fingerprint density at radius 3 is 2.56 bits per heavy atom. The Kier molecular flexibility index (Phi) is 3.62. The molecule has 0 fully saturated rings. The van der Waals surface area contributed by atoms with E-state index in [-0.39, 0.29) is 5.41 Å². The van der Waals surface area contributed by atoms with Crippen molar-refractivity contribution in [2.24, 2.45) is 7.05 Å². The van der Waals surface area contributed by atoms with Gasteiger partial charge in [-0.05, 0) is 15.9 Å². The fourth-order valence-electron chi connectivity index (χ4n) is 1.62. The molecule has 0 amide bonds. The van der Waals surface area contributed by atoms with E-state index in [1.54, 1.807) is 29.3 Å². The molecule has 2 aromatic rings.